The van der Waals surface area contributed by atoms with Crippen molar-refractivity contribution in [2.75, 3.05) is 4.72 Å². The first-order valence-electron chi connectivity index (χ1n) is 9.27. The number of fused-ring (bicyclic) bond motifs is 1. The number of halogens is 4. The second-order valence-corrected chi connectivity index (χ2v) is 9.13. The van der Waals surface area contributed by atoms with Gasteiger partial charge in [-0.2, -0.15) is 13.2 Å². The smallest absolute Gasteiger partial charge is 0.280 e. The zero-order valence-electron chi connectivity index (χ0n) is 16.4. The van der Waals surface area contributed by atoms with Crippen LogP contribution >= 0.6 is 11.6 Å². The third-order valence-electron chi connectivity index (χ3n) is 4.83. The van der Waals surface area contributed by atoms with E-state index < -0.39 is 38.6 Å². The van der Waals surface area contributed by atoms with Crippen molar-refractivity contribution < 1.29 is 31.2 Å². The van der Waals surface area contributed by atoms with Crippen LogP contribution in [0.3, 0.4) is 0 Å². The molecule has 0 aliphatic carbocycles. The largest absolute Gasteiger partial charge is 0.417 e. The van der Waals surface area contributed by atoms with E-state index in [0.717, 1.165) is 17.0 Å². The van der Waals surface area contributed by atoms with Crippen molar-refractivity contribution in [3.63, 3.8) is 0 Å². The van der Waals surface area contributed by atoms with Gasteiger partial charge in [0.25, 0.3) is 21.8 Å². The first-order valence-corrected chi connectivity index (χ1v) is 11.1. The molecule has 2 heterocycles. The first kappa shape index (κ1) is 22.7. The second kappa shape index (κ2) is 8.16. The third kappa shape index (κ3) is 4.41. The molecule has 33 heavy (non-hydrogen) atoms. The second-order valence-electron chi connectivity index (χ2n) is 7.04. The van der Waals surface area contributed by atoms with Crippen LogP contribution in [0.1, 0.15) is 32.0 Å². The quantitative estimate of drug-likeness (QED) is 0.531. The number of carbonyl (C=O) groups excluding carboxylic acids is 2. The lowest BCUT2D eigenvalue weighted by Crippen LogP contribution is -2.29. The minimum atomic E-state index is -4.75. The van der Waals surface area contributed by atoms with Gasteiger partial charge in [0.1, 0.15) is 5.69 Å². The van der Waals surface area contributed by atoms with E-state index in [0.29, 0.717) is 11.6 Å². The van der Waals surface area contributed by atoms with E-state index in [4.69, 9.17) is 11.6 Å². The molecule has 12 heteroatoms. The van der Waals surface area contributed by atoms with Crippen LogP contribution in [0.25, 0.3) is 0 Å². The number of imide groups is 1. The number of aromatic nitrogens is 1. The van der Waals surface area contributed by atoms with Gasteiger partial charge in [0.2, 0.25) is 0 Å². The van der Waals surface area contributed by atoms with Gasteiger partial charge in [0, 0.05) is 11.9 Å². The molecule has 2 amide bonds. The minimum Gasteiger partial charge on any atom is -0.280 e. The van der Waals surface area contributed by atoms with Gasteiger partial charge in [-0.3, -0.25) is 24.2 Å². The highest BCUT2D eigenvalue weighted by atomic mass is 35.5. The molecule has 1 aromatic heterocycles. The van der Waals surface area contributed by atoms with Gasteiger partial charge in [0.15, 0.2) is 0 Å². The lowest BCUT2D eigenvalue weighted by Gasteiger charge is -2.15. The van der Waals surface area contributed by atoms with Crippen LogP contribution in [0, 0.1) is 0 Å². The first-order chi connectivity index (χ1) is 15.5. The Kier molecular flexibility index (Phi) is 5.62. The summed E-state index contributed by atoms with van der Waals surface area (Å²) in [4.78, 5) is 29.5. The van der Waals surface area contributed by atoms with Crippen molar-refractivity contribution in [2.24, 2.45) is 0 Å². The molecule has 0 saturated heterocycles. The average Bonchev–Trinajstić information content (AvgIpc) is 3.00. The Morgan fingerprint density at radius 1 is 1.00 bits per heavy atom. The molecule has 0 fully saturated rings. The topological polar surface area (TPSA) is 96.4 Å². The predicted molar refractivity (Wildman–Crippen MR) is 112 cm³/mol. The summed E-state index contributed by atoms with van der Waals surface area (Å²) in [6.45, 7) is -0.103. The molecule has 1 N–H and O–H groups in total. The number of nitrogens with one attached hydrogen (secondary N) is 1. The number of amides is 2. The van der Waals surface area contributed by atoms with Gasteiger partial charge >= 0.3 is 6.18 Å². The number of pyridine rings is 1. The summed E-state index contributed by atoms with van der Waals surface area (Å²) < 4.78 is 66.3. The van der Waals surface area contributed by atoms with Crippen LogP contribution in [-0.2, 0) is 22.7 Å². The van der Waals surface area contributed by atoms with E-state index in [1.807, 2.05) is 0 Å². The maximum absolute atomic E-state index is 13.0. The monoisotopic (exact) mass is 495 g/mol. The van der Waals surface area contributed by atoms with Crippen LogP contribution in [-0.4, -0.2) is 30.1 Å². The normalized spacial score (nSPS) is 13.9. The molecule has 0 spiro atoms. The highest BCUT2D eigenvalue weighted by molar-refractivity contribution is 7.92. The molecule has 0 bridgehead atoms. The Morgan fingerprint density at radius 3 is 2.33 bits per heavy atom. The van der Waals surface area contributed by atoms with Crippen molar-refractivity contribution in [2.45, 2.75) is 17.6 Å². The molecule has 1 aliphatic heterocycles. The van der Waals surface area contributed by atoms with Crippen molar-refractivity contribution in [1.82, 2.24) is 9.88 Å². The average molecular weight is 496 g/mol. The third-order valence-corrected chi connectivity index (χ3v) is 6.56. The maximum Gasteiger partial charge on any atom is 0.417 e. The minimum absolute atomic E-state index is 0.0482. The fraction of sp³-hybridized carbons (Fsp3) is 0.0952. The van der Waals surface area contributed by atoms with E-state index in [1.54, 1.807) is 6.07 Å². The van der Waals surface area contributed by atoms with Crippen molar-refractivity contribution in [3.05, 3.63) is 88.2 Å². The number of benzene rings is 2. The highest BCUT2D eigenvalue weighted by Crippen LogP contribution is 2.36. The molecule has 170 valence electrons. The zero-order chi connectivity index (χ0) is 24.0. The number of hydrogen-bond acceptors (Lipinski definition) is 5. The Bertz CT molecular complexity index is 1340. The molecule has 1 aliphatic rings. The number of alkyl halides is 3. The number of rotatable bonds is 5. The molecule has 0 unspecified atom stereocenters. The van der Waals surface area contributed by atoms with Gasteiger partial charge in [0.05, 0.1) is 27.6 Å². The lowest BCUT2D eigenvalue weighted by atomic mass is 10.2. The molecule has 2 aromatic carbocycles. The SMILES string of the molecule is O=C1c2cccnc2C(=O)N1Cc1ccc(S(=O)(=O)Nc2ccc(Cl)c(C(F)(F)F)c2)cc1. The molecular weight excluding hydrogens is 483 g/mol. The molecule has 7 nitrogen and oxygen atoms in total. The summed E-state index contributed by atoms with van der Waals surface area (Å²) in [5.74, 6) is -1.07. The van der Waals surface area contributed by atoms with Crippen molar-refractivity contribution in [3.8, 4) is 0 Å². The molecule has 0 atom stereocenters. The van der Waals surface area contributed by atoms with E-state index >= 15 is 0 Å². The molecular formula is C21H13ClF3N3O4S. The van der Waals surface area contributed by atoms with E-state index in [1.165, 1.54) is 36.5 Å². The summed E-state index contributed by atoms with van der Waals surface area (Å²) in [6, 6.07) is 10.9. The lowest BCUT2D eigenvalue weighted by molar-refractivity contribution is -0.137. The number of sulfonamides is 1. The van der Waals surface area contributed by atoms with Crippen LogP contribution < -0.4 is 4.72 Å². The van der Waals surface area contributed by atoms with Crippen LogP contribution in [0.15, 0.2) is 65.7 Å². The van der Waals surface area contributed by atoms with Crippen LogP contribution in [0.5, 0.6) is 0 Å². The van der Waals surface area contributed by atoms with Crippen LogP contribution in [0.4, 0.5) is 18.9 Å². The van der Waals surface area contributed by atoms with Crippen molar-refractivity contribution in [1.29, 1.82) is 0 Å². The number of nitrogens with zero attached hydrogens (tertiary/aromatic N) is 2. The summed E-state index contributed by atoms with van der Waals surface area (Å²) in [5, 5.41) is -0.557. The number of hydrogen-bond donors (Lipinski definition) is 1. The standard InChI is InChI=1S/C21H13ClF3N3O4S/c22-17-8-5-13(10-16(17)21(23,24)25)27-33(31,32)14-6-3-12(4-7-14)11-28-19(29)15-2-1-9-26-18(15)20(28)30/h1-10,27H,11H2. The molecule has 3 aromatic rings. The highest BCUT2D eigenvalue weighted by Gasteiger charge is 2.36. The van der Waals surface area contributed by atoms with E-state index in [2.05, 4.69) is 9.71 Å². The Hall–Kier alpha value is -3.44. The van der Waals surface area contributed by atoms with Gasteiger partial charge in [-0.05, 0) is 48.0 Å². The zero-order valence-corrected chi connectivity index (χ0v) is 18.0. The fourth-order valence-electron chi connectivity index (χ4n) is 3.23. The maximum atomic E-state index is 13.0. The van der Waals surface area contributed by atoms with E-state index in [-0.39, 0.29) is 28.4 Å². The Labute approximate surface area is 190 Å². The van der Waals surface area contributed by atoms with Gasteiger partial charge in [-0.1, -0.05) is 23.7 Å². The van der Waals surface area contributed by atoms with Crippen molar-refractivity contribution >= 4 is 39.1 Å². The fourth-order valence-corrected chi connectivity index (χ4v) is 4.51. The van der Waals surface area contributed by atoms with Gasteiger partial charge in [-0.15, -0.1) is 0 Å². The predicted octanol–water partition coefficient (Wildman–Crippen LogP) is 4.35. The summed E-state index contributed by atoms with van der Waals surface area (Å²) in [7, 11) is -4.22. The van der Waals surface area contributed by atoms with Crippen LogP contribution in [0.2, 0.25) is 5.02 Å². The van der Waals surface area contributed by atoms with Gasteiger partial charge < -0.3 is 0 Å². The number of anilines is 1. The Morgan fingerprint density at radius 2 is 1.70 bits per heavy atom. The summed E-state index contributed by atoms with van der Waals surface area (Å²) in [5.41, 5.74) is -0.780. The van der Waals surface area contributed by atoms with Gasteiger partial charge in [-0.25, -0.2) is 8.42 Å². The summed E-state index contributed by atoms with van der Waals surface area (Å²) >= 11 is 5.55. The molecule has 4 rings (SSSR count). The Balaban J connectivity index is 1.52. The molecule has 0 saturated carbocycles. The number of carbonyl (C=O) groups is 2. The molecule has 0 radical (unpaired) electrons. The summed E-state index contributed by atoms with van der Waals surface area (Å²) in [6.07, 6.45) is -3.35. The van der Waals surface area contributed by atoms with E-state index in [9.17, 15) is 31.2 Å².